The van der Waals surface area contributed by atoms with Gasteiger partial charge in [0.25, 0.3) is 0 Å². The van der Waals surface area contributed by atoms with Gasteiger partial charge in [0.1, 0.15) is 0 Å². The van der Waals surface area contributed by atoms with Crippen molar-refractivity contribution in [3.8, 4) is 0 Å². The van der Waals surface area contributed by atoms with Crippen LogP contribution in [-0.4, -0.2) is 10.9 Å². The Kier molecular flexibility index (Phi) is 1.86. The van der Waals surface area contributed by atoms with E-state index in [9.17, 15) is 0 Å². The quantitative estimate of drug-likeness (QED) is 0.681. The highest BCUT2D eigenvalue weighted by Crippen LogP contribution is 3.01. The molecule has 3 heteroatoms. The van der Waals surface area contributed by atoms with E-state index in [1.807, 2.05) is 0 Å². The lowest BCUT2D eigenvalue weighted by Gasteiger charge is -2.99. The van der Waals surface area contributed by atoms with Gasteiger partial charge in [-0.15, -0.1) is 11.6 Å². The first-order chi connectivity index (χ1) is 9.59. The highest BCUT2D eigenvalue weighted by atomic mass is 35.5. The molecule has 4 fully saturated rings. The fourth-order valence-electron chi connectivity index (χ4n) is 7.44. The predicted octanol–water partition coefficient (Wildman–Crippen LogP) is 3.64. The van der Waals surface area contributed by atoms with Crippen LogP contribution in [0.4, 0.5) is 0 Å². The molecule has 0 amide bonds. The molecular formula is C17H18ClNS. The van der Waals surface area contributed by atoms with Crippen molar-refractivity contribution in [2.75, 3.05) is 5.88 Å². The number of hydrogen-bond donors (Lipinski definition) is 1. The molecule has 1 nitrogen and oxygen atoms in total. The largest absolute Gasteiger partial charge is 0.393 e. The van der Waals surface area contributed by atoms with Crippen LogP contribution in [0.3, 0.4) is 0 Å². The minimum atomic E-state index is 0.133. The molecule has 2 N–H and O–H groups in total. The normalized spacial score (nSPS) is 53.4. The average molecular weight is 304 g/mol. The molecule has 0 radical (unpaired) electrons. The highest BCUT2D eigenvalue weighted by molar-refractivity contribution is 7.80. The number of thiocarbonyl (C=S) groups is 1. The number of hydrogen-bond acceptors (Lipinski definition) is 1. The Morgan fingerprint density at radius 3 is 2.60 bits per heavy atom. The van der Waals surface area contributed by atoms with Gasteiger partial charge in [0.05, 0.1) is 4.99 Å². The summed E-state index contributed by atoms with van der Waals surface area (Å²) in [6, 6.07) is 11.0. The van der Waals surface area contributed by atoms with Gasteiger partial charge in [-0.3, -0.25) is 0 Å². The first kappa shape index (κ1) is 12.0. The SMILES string of the molecule is NC(=S)C12CC3CC4(CCl)CC(c5ccccc5)(C1)C342. The number of rotatable bonds is 3. The van der Waals surface area contributed by atoms with Gasteiger partial charge < -0.3 is 5.73 Å². The molecule has 4 aliphatic rings. The van der Waals surface area contributed by atoms with Crippen molar-refractivity contribution in [3.05, 3.63) is 35.9 Å². The molecule has 0 bridgehead atoms. The smallest absolute Gasteiger partial charge is 0.0796 e. The first-order valence-electron chi connectivity index (χ1n) is 7.50. The highest BCUT2D eigenvalue weighted by Gasteiger charge is 2.99. The van der Waals surface area contributed by atoms with Crippen molar-refractivity contribution in [1.82, 2.24) is 0 Å². The Labute approximate surface area is 129 Å². The van der Waals surface area contributed by atoms with E-state index in [4.69, 9.17) is 29.6 Å². The fourth-order valence-corrected chi connectivity index (χ4v) is 8.17. The fraction of sp³-hybridized carbons (Fsp3) is 0.588. The zero-order chi connectivity index (χ0) is 13.8. The maximum absolute atomic E-state index is 6.40. The minimum Gasteiger partial charge on any atom is -0.393 e. The molecular weight excluding hydrogens is 286 g/mol. The van der Waals surface area contributed by atoms with Crippen LogP contribution in [-0.2, 0) is 5.41 Å². The maximum atomic E-state index is 6.40. The Morgan fingerprint density at radius 1 is 1.25 bits per heavy atom. The molecule has 5 atom stereocenters. The number of nitrogens with two attached hydrogens (primary N) is 1. The van der Waals surface area contributed by atoms with Gasteiger partial charge >= 0.3 is 0 Å². The van der Waals surface area contributed by atoms with Gasteiger partial charge in [0.2, 0.25) is 0 Å². The van der Waals surface area contributed by atoms with Crippen molar-refractivity contribution < 1.29 is 0 Å². The van der Waals surface area contributed by atoms with Crippen LogP contribution in [0.15, 0.2) is 30.3 Å². The van der Waals surface area contributed by atoms with Crippen molar-refractivity contribution in [1.29, 1.82) is 0 Å². The van der Waals surface area contributed by atoms with E-state index in [0.717, 1.165) is 23.2 Å². The second-order valence-electron chi connectivity index (χ2n) is 7.58. The summed E-state index contributed by atoms with van der Waals surface area (Å²) in [5.74, 6) is 1.59. The topological polar surface area (TPSA) is 26.0 Å². The molecule has 1 aromatic rings. The predicted molar refractivity (Wildman–Crippen MR) is 84.9 cm³/mol. The molecule has 5 unspecified atom stereocenters. The van der Waals surface area contributed by atoms with Crippen molar-refractivity contribution in [2.45, 2.75) is 31.1 Å². The summed E-state index contributed by atoms with van der Waals surface area (Å²) in [6.07, 6.45) is 4.92. The second-order valence-corrected chi connectivity index (χ2v) is 8.28. The molecule has 1 aromatic carbocycles. The molecule has 0 aliphatic heterocycles. The van der Waals surface area contributed by atoms with Gasteiger partial charge in [0, 0.05) is 22.1 Å². The Bertz CT molecular complexity index is 646. The van der Waals surface area contributed by atoms with E-state index < -0.39 is 0 Å². The number of halogens is 1. The van der Waals surface area contributed by atoms with Gasteiger partial charge in [-0.05, 0) is 42.6 Å². The summed E-state index contributed by atoms with van der Waals surface area (Å²) in [5.41, 5.74) is 8.78. The molecule has 0 saturated heterocycles. The lowest BCUT2D eigenvalue weighted by Crippen LogP contribution is -2.98. The third-order valence-corrected chi connectivity index (χ3v) is 8.39. The summed E-state index contributed by atoms with van der Waals surface area (Å²) in [6.45, 7) is 0. The standard InChI is InChI=1S/C17H18ClNS/c18-10-14-6-12-7-15(13(19)20)9-16(8-14,17(12,14)15)11-4-2-1-3-5-11/h1-5,12H,6-10H2,(H2,19,20). The lowest BCUT2D eigenvalue weighted by molar-refractivity contribution is -0.463. The lowest BCUT2D eigenvalue weighted by atomic mass is 9.04. The summed E-state index contributed by atoms with van der Waals surface area (Å²) >= 11 is 11.9. The Morgan fingerprint density at radius 2 is 2.00 bits per heavy atom. The minimum absolute atomic E-state index is 0.133. The summed E-state index contributed by atoms with van der Waals surface area (Å²) in [7, 11) is 0. The van der Waals surface area contributed by atoms with Crippen LogP contribution in [0.25, 0.3) is 0 Å². The van der Waals surface area contributed by atoms with Gasteiger partial charge in [-0.1, -0.05) is 42.5 Å². The third kappa shape index (κ3) is 0.781. The van der Waals surface area contributed by atoms with Crippen LogP contribution in [0.1, 0.15) is 31.2 Å². The van der Waals surface area contributed by atoms with Gasteiger partial charge in [-0.2, -0.15) is 0 Å². The van der Waals surface area contributed by atoms with E-state index in [0.29, 0.717) is 16.2 Å². The van der Waals surface area contributed by atoms with Crippen LogP contribution < -0.4 is 5.73 Å². The Hall–Kier alpha value is -0.600. The number of benzene rings is 1. The number of alkyl halides is 1. The zero-order valence-electron chi connectivity index (χ0n) is 11.4. The summed E-state index contributed by atoms with van der Waals surface area (Å²) in [5, 5.41) is 0. The van der Waals surface area contributed by atoms with Crippen molar-refractivity contribution in [3.63, 3.8) is 0 Å². The Balaban J connectivity index is 1.68. The molecule has 0 heterocycles. The third-order valence-electron chi connectivity index (χ3n) is 7.49. The van der Waals surface area contributed by atoms with Gasteiger partial charge in [0.15, 0.2) is 0 Å². The van der Waals surface area contributed by atoms with Crippen molar-refractivity contribution >= 4 is 28.8 Å². The molecule has 5 rings (SSSR count). The van der Waals surface area contributed by atoms with Crippen LogP contribution >= 0.6 is 23.8 Å². The maximum Gasteiger partial charge on any atom is 0.0796 e. The van der Waals surface area contributed by atoms with Crippen LogP contribution in [0, 0.1) is 22.2 Å². The van der Waals surface area contributed by atoms with Crippen LogP contribution in [0.2, 0.25) is 0 Å². The summed E-state index contributed by atoms with van der Waals surface area (Å²) < 4.78 is 0. The van der Waals surface area contributed by atoms with Gasteiger partial charge in [-0.25, -0.2) is 0 Å². The van der Waals surface area contributed by atoms with E-state index in [1.165, 1.54) is 24.8 Å². The van der Waals surface area contributed by atoms with Crippen LogP contribution in [0.5, 0.6) is 0 Å². The molecule has 20 heavy (non-hydrogen) atoms. The molecule has 1 spiro atoms. The van der Waals surface area contributed by atoms with E-state index >= 15 is 0 Å². The van der Waals surface area contributed by atoms with E-state index in [-0.39, 0.29) is 5.41 Å². The van der Waals surface area contributed by atoms with Crippen molar-refractivity contribution in [2.24, 2.45) is 27.9 Å². The molecule has 4 saturated carbocycles. The van der Waals surface area contributed by atoms with E-state index in [1.54, 1.807) is 0 Å². The monoisotopic (exact) mass is 303 g/mol. The zero-order valence-corrected chi connectivity index (χ0v) is 12.9. The second kappa shape index (κ2) is 3.10. The first-order valence-corrected chi connectivity index (χ1v) is 8.44. The average Bonchev–Trinajstić information content (AvgIpc) is 2.37. The molecule has 0 aromatic heterocycles. The molecule has 4 aliphatic carbocycles. The van der Waals surface area contributed by atoms with E-state index in [2.05, 4.69) is 30.3 Å². The summed E-state index contributed by atoms with van der Waals surface area (Å²) in [4.78, 5) is 0.759. The molecule has 104 valence electrons.